The van der Waals surface area contributed by atoms with Crippen molar-refractivity contribution in [3.8, 4) is 5.88 Å². The third-order valence-corrected chi connectivity index (χ3v) is 3.60. The van der Waals surface area contributed by atoms with E-state index in [1.54, 1.807) is 36.9 Å². The third kappa shape index (κ3) is 5.24. The van der Waals surface area contributed by atoms with Crippen molar-refractivity contribution < 1.29 is 9.53 Å². The Labute approximate surface area is 157 Å². The molecule has 138 valence electrons. The Balaban J connectivity index is 1.66. The molecule has 0 spiro atoms. The quantitative estimate of drug-likeness (QED) is 0.668. The maximum Gasteiger partial charge on any atom is 0.257 e. The number of hydrogen-bond donors (Lipinski definition) is 2. The fourth-order valence-corrected chi connectivity index (χ4v) is 2.41. The summed E-state index contributed by atoms with van der Waals surface area (Å²) in [5.41, 5.74) is 2.26. The van der Waals surface area contributed by atoms with Crippen LogP contribution in [0.4, 0.5) is 11.5 Å². The van der Waals surface area contributed by atoms with Gasteiger partial charge in [0.25, 0.3) is 11.8 Å². The highest BCUT2D eigenvalue weighted by atomic mass is 16.5. The van der Waals surface area contributed by atoms with Crippen LogP contribution in [0.15, 0.2) is 61.2 Å². The molecule has 0 saturated carbocycles. The molecule has 2 N–H and O–H groups in total. The monoisotopic (exact) mass is 363 g/mol. The molecule has 0 aliphatic heterocycles. The standard InChI is InChI=1S/C20H21N5O2/c1-14(2)27-20-18(22-10-11-23-20)24-13-15-4-3-5-17(12-15)25-19(26)16-6-8-21-9-7-16/h3-12,14H,13H2,1-2H3,(H,22,24)(H,25,26). The van der Waals surface area contributed by atoms with Gasteiger partial charge in [-0.2, -0.15) is 0 Å². The summed E-state index contributed by atoms with van der Waals surface area (Å²) in [6, 6.07) is 11.0. The lowest BCUT2D eigenvalue weighted by Crippen LogP contribution is -2.13. The number of amides is 1. The maximum atomic E-state index is 12.3. The number of benzene rings is 1. The Morgan fingerprint density at radius 1 is 1.07 bits per heavy atom. The van der Waals surface area contributed by atoms with E-state index in [0.29, 0.717) is 29.5 Å². The first kappa shape index (κ1) is 18.3. The predicted octanol–water partition coefficient (Wildman–Crippen LogP) is 3.52. The zero-order valence-corrected chi connectivity index (χ0v) is 15.2. The molecule has 0 radical (unpaired) electrons. The van der Waals surface area contributed by atoms with Gasteiger partial charge in [-0.25, -0.2) is 9.97 Å². The number of aromatic nitrogens is 3. The lowest BCUT2D eigenvalue weighted by atomic mass is 10.2. The van der Waals surface area contributed by atoms with Crippen molar-refractivity contribution in [1.82, 2.24) is 15.0 Å². The minimum Gasteiger partial charge on any atom is -0.472 e. The van der Waals surface area contributed by atoms with Crippen LogP contribution in [0.25, 0.3) is 0 Å². The summed E-state index contributed by atoms with van der Waals surface area (Å²) in [4.78, 5) is 24.7. The highest BCUT2D eigenvalue weighted by Gasteiger charge is 2.09. The van der Waals surface area contributed by atoms with Crippen LogP contribution in [0.5, 0.6) is 5.88 Å². The fourth-order valence-electron chi connectivity index (χ4n) is 2.41. The number of ether oxygens (including phenoxy) is 1. The normalized spacial score (nSPS) is 10.5. The lowest BCUT2D eigenvalue weighted by molar-refractivity contribution is 0.102. The molecule has 0 saturated heterocycles. The second-order valence-electron chi connectivity index (χ2n) is 6.12. The molecular formula is C20H21N5O2. The molecule has 1 aromatic carbocycles. The number of hydrogen-bond acceptors (Lipinski definition) is 6. The van der Waals surface area contributed by atoms with Crippen LogP contribution in [0.2, 0.25) is 0 Å². The molecule has 0 aliphatic rings. The molecule has 1 amide bonds. The topological polar surface area (TPSA) is 89.0 Å². The smallest absolute Gasteiger partial charge is 0.257 e. The average Bonchev–Trinajstić information content (AvgIpc) is 2.68. The van der Waals surface area contributed by atoms with E-state index < -0.39 is 0 Å². The molecule has 3 rings (SSSR count). The Bertz CT molecular complexity index is 900. The molecule has 3 aromatic rings. The summed E-state index contributed by atoms with van der Waals surface area (Å²) >= 11 is 0. The van der Waals surface area contributed by atoms with Crippen LogP contribution in [-0.2, 0) is 6.54 Å². The minimum atomic E-state index is -0.177. The van der Waals surface area contributed by atoms with E-state index in [4.69, 9.17) is 4.74 Å². The van der Waals surface area contributed by atoms with Crippen LogP contribution in [0.1, 0.15) is 29.8 Å². The zero-order valence-electron chi connectivity index (χ0n) is 15.2. The van der Waals surface area contributed by atoms with Gasteiger partial charge in [-0.15, -0.1) is 0 Å². The molecule has 0 atom stereocenters. The lowest BCUT2D eigenvalue weighted by Gasteiger charge is -2.13. The number of carbonyl (C=O) groups is 1. The second-order valence-corrected chi connectivity index (χ2v) is 6.12. The van der Waals surface area contributed by atoms with Gasteiger partial charge in [0.15, 0.2) is 5.82 Å². The molecule has 2 aromatic heterocycles. The SMILES string of the molecule is CC(C)Oc1nccnc1NCc1cccc(NC(=O)c2ccncc2)c1. The van der Waals surface area contributed by atoms with Crippen LogP contribution in [-0.4, -0.2) is 27.0 Å². The summed E-state index contributed by atoms with van der Waals surface area (Å²) in [5, 5.41) is 6.11. The van der Waals surface area contributed by atoms with E-state index in [0.717, 1.165) is 5.56 Å². The van der Waals surface area contributed by atoms with Gasteiger partial charge in [-0.3, -0.25) is 9.78 Å². The minimum absolute atomic E-state index is 0.00831. The average molecular weight is 363 g/mol. The van der Waals surface area contributed by atoms with E-state index in [9.17, 15) is 4.79 Å². The van der Waals surface area contributed by atoms with Gasteiger partial charge < -0.3 is 15.4 Å². The van der Waals surface area contributed by atoms with E-state index in [1.165, 1.54) is 0 Å². The van der Waals surface area contributed by atoms with E-state index in [2.05, 4.69) is 25.6 Å². The van der Waals surface area contributed by atoms with Crippen molar-refractivity contribution in [2.75, 3.05) is 10.6 Å². The van der Waals surface area contributed by atoms with Crippen LogP contribution >= 0.6 is 0 Å². The molecule has 7 nitrogen and oxygen atoms in total. The van der Waals surface area contributed by atoms with Crippen molar-refractivity contribution >= 4 is 17.4 Å². The first-order chi connectivity index (χ1) is 13.1. The van der Waals surface area contributed by atoms with Crippen LogP contribution < -0.4 is 15.4 Å². The van der Waals surface area contributed by atoms with Crippen molar-refractivity contribution in [1.29, 1.82) is 0 Å². The molecule has 2 heterocycles. The van der Waals surface area contributed by atoms with E-state index >= 15 is 0 Å². The fraction of sp³-hybridized carbons (Fsp3) is 0.200. The maximum absolute atomic E-state index is 12.3. The van der Waals surface area contributed by atoms with E-state index in [-0.39, 0.29) is 12.0 Å². The highest BCUT2D eigenvalue weighted by Crippen LogP contribution is 2.20. The van der Waals surface area contributed by atoms with Gasteiger partial charge in [0.05, 0.1) is 6.10 Å². The number of rotatable bonds is 7. The number of anilines is 2. The molecule has 7 heteroatoms. The molecule has 27 heavy (non-hydrogen) atoms. The van der Waals surface area contributed by atoms with Gasteiger partial charge in [0, 0.05) is 42.6 Å². The molecule has 0 unspecified atom stereocenters. The first-order valence-corrected chi connectivity index (χ1v) is 8.63. The van der Waals surface area contributed by atoms with Crippen molar-refractivity contribution in [2.45, 2.75) is 26.5 Å². The van der Waals surface area contributed by atoms with E-state index in [1.807, 2.05) is 38.1 Å². The second kappa shape index (κ2) is 8.75. The number of nitrogens with one attached hydrogen (secondary N) is 2. The summed E-state index contributed by atoms with van der Waals surface area (Å²) < 4.78 is 5.66. The summed E-state index contributed by atoms with van der Waals surface area (Å²) in [6.45, 7) is 4.40. The summed E-state index contributed by atoms with van der Waals surface area (Å²) in [7, 11) is 0. The number of carbonyl (C=O) groups excluding carboxylic acids is 1. The van der Waals surface area contributed by atoms with Crippen molar-refractivity contribution in [3.63, 3.8) is 0 Å². The molecule has 0 bridgehead atoms. The molecular weight excluding hydrogens is 342 g/mol. The largest absolute Gasteiger partial charge is 0.472 e. The molecule has 0 aliphatic carbocycles. The predicted molar refractivity (Wildman–Crippen MR) is 104 cm³/mol. The third-order valence-electron chi connectivity index (χ3n) is 3.60. The van der Waals surface area contributed by atoms with Crippen molar-refractivity contribution in [3.05, 3.63) is 72.3 Å². The number of nitrogens with zero attached hydrogens (tertiary/aromatic N) is 3. The van der Waals surface area contributed by atoms with Crippen molar-refractivity contribution in [2.24, 2.45) is 0 Å². The van der Waals surface area contributed by atoms with Gasteiger partial charge in [0.1, 0.15) is 0 Å². The Hall–Kier alpha value is -3.48. The van der Waals surface area contributed by atoms with Gasteiger partial charge in [-0.05, 0) is 43.7 Å². The van der Waals surface area contributed by atoms with Crippen LogP contribution in [0, 0.1) is 0 Å². The first-order valence-electron chi connectivity index (χ1n) is 8.63. The zero-order chi connectivity index (χ0) is 19.1. The van der Waals surface area contributed by atoms with Gasteiger partial charge in [-0.1, -0.05) is 12.1 Å². The Morgan fingerprint density at radius 2 is 1.85 bits per heavy atom. The van der Waals surface area contributed by atoms with Gasteiger partial charge in [0.2, 0.25) is 0 Å². The highest BCUT2D eigenvalue weighted by molar-refractivity contribution is 6.04. The summed E-state index contributed by atoms with van der Waals surface area (Å²) in [5.74, 6) is 0.871. The Kier molecular flexibility index (Phi) is 5.94. The van der Waals surface area contributed by atoms with Gasteiger partial charge >= 0.3 is 0 Å². The van der Waals surface area contributed by atoms with Crippen LogP contribution in [0.3, 0.4) is 0 Å². The molecule has 0 fully saturated rings. The summed E-state index contributed by atoms with van der Waals surface area (Å²) in [6.07, 6.45) is 6.40. The Morgan fingerprint density at radius 3 is 2.63 bits per heavy atom. The number of pyridine rings is 1.